The lowest BCUT2D eigenvalue weighted by Gasteiger charge is -2.47. The number of aromatic nitrogens is 2. The summed E-state index contributed by atoms with van der Waals surface area (Å²) < 4.78 is 5.58. The van der Waals surface area contributed by atoms with Crippen molar-refractivity contribution in [2.24, 2.45) is 5.41 Å². The van der Waals surface area contributed by atoms with Gasteiger partial charge in [-0.15, -0.1) is 0 Å². The first kappa shape index (κ1) is 16.5. The Hall–Kier alpha value is -1.92. The van der Waals surface area contributed by atoms with E-state index in [4.69, 9.17) is 4.74 Å². The molecule has 0 radical (unpaired) electrons. The molecule has 0 saturated carbocycles. The third-order valence-corrected chi connectivity index (χ3v) is 5.95. The molecule has 1 unspecified atom stereocenters. The van der Waals surface area contributed by atoms with Gasteiger partial charge in [0.1, 0.15) is 0 Å². The number of hydrogen-bond donors (Lipinski definition) is 1. The fourth-order valence-electron chi connectivity index (χ4n) is 4.47. The van der Waals surface area contributed by atoms with Crippen LogP contribution in [0.2, 0.25) is 0 Å². The van der Waals surface area contributed by atoms with Crippen molar-refractivity contribution in [3.05, 3.63) is 30.1 Å². The van der Waals surface area contributed by atoms with Gasteiger partial charge in [0.05, 0.1) is 22.6 Å². The number of carbonyl (C=O) groups is 1. The number of ether oxygens (including phenoxy) is 1. The number of nitrogens with one attached hydrogen (secondary N) is 1. The van der Waals surface area contributed by atoms with Gasteiger partial charge in [-0.1, -0.05) is 0 Å². The Morgan fingerprint density at radius 2 is 2.20 bits per heavy atom. The molecular weight excluding hydrogens is 316 g/mol. The van der Waals surface area contributed by atoms with Gasteiger partial charge in [-0.05, 0) is 44.5 Å². The van der Waals surface area contributed by atoms with Gasteiger partial charge >= 0.3 is 0 Å². The molecule has 6 nitrogen and oxygen atoms in total. The number of aromatic amines is 1. The second-order valence-corrected chi connectivity index (χ2v) is 7.52. The number of fused-ring (bicyclic) bond motifs is 1. The molecule has 1 N–H and O–H groups in total. The molecule has 1 amide bonds. The standard InChI is InChI=1S/C19H26N4O2/c1-22-13-15(25-2)10-19(18(22)24)5-8-23(9-6-19)12-14-11-21-16-4-3-7-20-17(14)16/h3-4,7,11,15,21H,5-6,8-10,12-13H2,1-2H3. The van der Waals surface area contributed by atoms with Crippen molar-refractivity contribution >= 4 is 16.9 Å². The fraction of sp³-hybridized carbons (Fsp3) is 0.579. The number of H-pyrrole nitrogens is 1. The minimum absolute atomic E-state index is 0.159. The molecule has 0 aliphatic carbocycles. The molecule has 0 aromatic carbocycles. The van der Waals surface area contributed by atoms with Crippen molar-refractivity contribution in [3.63, 3.8) is 0 Å². The van der Waals surface area contributed by atoms with Gasteiger partial charge in [-0.2, -0.15) is 0 Å². The quantitative estimate of drug-likeness (QED) is 0.927. The molecule has 4 heterocycles. The lowest BCUT2D eigenvalue weighted by atomic mass is 9.71. The van der Waals surface area contributed by atoms with Gasteiger partial charge in [0.2, 0.25) is 5.91 Å². The summed E-state index contributed by atoms with van der Waals surface area (Å²) in [5.74, 6) is 0.300. The monoisotopic (exact) mass is 342 g/mol. The van der Waals surface area contributed by atoms with Crippen LogP contribution in [0.5, 0.6) is 0 Å². The van der Waals surface area contributed by atoms with Gasteiger partial charge in [0.25, 0.3) is 0 Å². The molecule has 2 saturated heterocycles. The van der Waals surface area contributed by atoms with E-state index in [0.717, 1.165) is 49.9 Å². The number of amides is 1. The highest BCUT2D eigenvalue weighted by molar-refractivity contribution is 5.83. The minimum atomic E-state index is -0.233. The van der Waals surface area contributed by atoms with Crippen LogP contribution in [0.25, 0.3) is 11.0 Å². The number of pyridine rings is 1. The maximum Gasteiger partial charge on any atom is 0.228 e. The smallest absolute Gasteiger partial charge is 0.228 e. The molecule has 2 fully saturated rings. The van der Waals surface area contributed by atoms with Crippen molar-refractivity contribution in [1.29, 1.82) is 0 Å². The summed E-state index contributed by atoms with van der Waals surface area (Å²) in [6.07, 6.45) is 6.73. The molecule has 134 valence electrons. The Kier molecular flexibility index (Phi) is 4.25. The van der Waals surface area contributed by atoms with E-state index in [1.807, 2.05) is 24.2 Å². The SMILES string of the molecule is COC1CN(C)C(=O)C2(CCN(Cc3c[nH]c4cccnc34)CC2)C1. The van der Waals surface area contributed by atoms with E-state index < -0.39 is 0 Å². The summed E-state index contributed by atoms with van der Waals surface area (Å²) in [6, 6.07) is 4.00. The first-order chi connectivity index (χ1) is 12.1. The number of hydrogen-bond acceptors (Lipinski definition) is 4. The Bertz CT molecular complexity index is 764. The van der Waals surface area contributed by atoms with E-state index in [1.54, 1.807) is 7.11 Å². The minimum Gasteiger partial charge on any atom is -0.380 e. The molecule has 4 rings (SSSR count). The van der Waals surface area contributed by atoms with Crippen molar-refractivity contribution in [3.8, 4) is 0 Å². The van der Waals surface area contributed by atoms with Gasteiger partial charge in [0, 0.05) is 45.2 Å². The Morgan fingerprint density at radius 1 is 1.40 bits per heavy atom. The second-order valence-electron chi connectivity index (χ2n) is 7.52. The number of carbonyl (C=O) groups excluding carboxylic acids is 1. The Morgan fingerprint density at radius 3 is 2.96 bits per heavy atom. The molecule has 1 spiro atoms. The first-order valence-corrected chi connectivity index (χ1v) is 9.03. The number of rotatable bonds is 3. The molecule has 2 aromatic rings. The summed E-state index contributed by atoms with van der Waals surface area (Å²) in [5, 5.41) is 0. The summed E-state index contributed by atoms with van der Waals surface area (Å²) >= 11 is 0. The predicted octanol–water partition coefficient (Wildman–Crippen LogP) is 2.02. The summed E-state index contributed by atoms with van der Waals surface area (Å²) in [5.41, 5.74) is 3.13. The first-order valence-electron chi connectivity index (χ1n) is 9.03. The number of likely N-dealkylation sites (N-methyl/N-ethyl adjacent to an activating group) is 1. The molecule has 1 atom stereocenters. The number of likely N-dealkylation sites (tertiary alicyclic amines) is 2. The fourth-order valence-corrected chi connectivity index (χ4v) is 4.47. The van der Waals surface area contributed by atoms with Crippen LogP contribution in [0.3, 0.4) is 0 Å². The van der Waals surface area contributed by atoms with Crippen molar-refractivity contribution in [2.75, 3.05) is 33.8 Å². The normalized spacial score (nSPS) is 24.3. The number of piperidine rings is 2. The third kappa shape index (κ3) is 2.93. The average molecular weight is 342 g/mol. The van der Waals surface area contributed by atoms with E-state index >= 15 is 0 Å². The molecular formula is C19H26N4O2. The highest BCUT2D eigenvalue weighted by atomic mass is 16.5. The van der Waals surface area contributed by atoms with Crippen LogP contribution < -0.4 is 0 Å². The maximum atomic E-state index is 12.8. The lowest BCUT2D eigenvalue weighted by Crippen LogP contribution is -2.56. The number of methoxy groups -OCH3 is 1. The largest absolute Gasteiger partial charge is 0.380 e. The second kappa shape index (κ2) is 6.42. The Labute approximate surface area is 148 Å². The van der Waals surface area contributed by atoms with E-state index in [2.05, 4.69) is 27.1 Å². The van der Waals surface area contributed by atoms with Crippen LogP contribution >= 0.6 is 0 Å². The van der Waals surface area contributed by atoms with E-state index in [0.29, 0.717) is 12.5 Å². The van der Waals surface area contributed by atoms with Gasteiger partial charge in [-0.3, -0.25) is 14.7 Å². The summed E-state index contributed by atoms with van der Waals surface area (Å²) in [4.78, 5) is 24.9. The van der Waals surface area contributed by atoms with Crippen LogP contribution in [-0.4, -0.2) is 65.6 Å². The molecule has 0 bridgehead atoms. The molecule has 2 aliphatic heterocycles. The zero-order valence-electron chi connectivity index (χ0n) is 15.0. The van der Waals surface area contributed by atoms with Crippen molar-refractivity contribution in [2.45, 2.75) is 31.9 Å². The third-order valence-electron chi connectivity index (χ3n) is 5.95. The van der Waals surface area contributed by atoms with Gasteiger partial charge in [-0.25, -0.2) is 0 Å². The lowest BCUT2D eigenvalue weighted by molar-refractivity contribution is -0.156. The van der Waals surface area contributed by atoms with Gasteiger partial charge in [0.15, 0.2) is 0 Å². The highest BCUT2D eigenvalue weighted by Crippen LogP contribution is 2.41. The van der Waals surface area contributed by atoms with Gasteiger partial charge < -0.3 is 14.6 Å². The summed E-state index contributed by atoms with van der Waals surface area (Å²) in [7, 11) is 3.65. The molecule has 25 heavy (non-hydrogen) atoms. The summed E-state index contributed by atoms with van der Waals surface area (Å²) in [6.45, 7) is 3.47. The van der Waals surface area contributed by atoms with Crippen molar-refractivity contribution < 1.29 is 9.53 Å². The topological polar surface area (TPSA) is 61.5 Å². The van der Waals surface area contributed by atoms with E-state index in [-0.39, 0.29) is 11.5 Å². The van der Waals surface area contributed by atoms with E-state index in [9.17, 15) is 4.79 Å². The molecule has 6 heteroatoms. The zero-order valence-corrected chi connectivity index (χ0v) is 15.0. The highest BCUT2D eigenvalue weighted by Gasteiger charge is 2.47. The molecule has 2 aromatic heterocycles. The van der Waals surface area contributed by atoms with Crippen LogP contribution in [0.4, 0.5) is 0 Å². The predicted molar refractivity (Wildman–Crippen MR) is 96.1 cm³/mol. The molecule has 2 aliphatic rings. The maximum absolute atomic E-state index is 12.8. The zero-order chi connectivity index (χ0) is 17.4. The van der Waals surface area contributed by atoms with Crippen LogP contribution in [0.1, 0.15) is 24.8 Å². The van der Waals surface area contributed by atoms with Crippen LogP contribution in [0, 0.1) is 5.41 Å². The van der Waals surface area contributed by atoms with Crippen LogP contribution in [0.15, 0.2) is 24.5 Å². The van der Waals surface area contributed by atoms with Crippen molar-refractivity contribution in [1.82, 2.24) is 19.8 Å². The van der Waals surface area contributed by atoms with Crippen LogP contribution in [-0.2, 0) is 16.1 Å². The van der Waals surface area contributed by atoms with E-state index in [1.165, 1.54) is 5.56 Å². The Balaban J connectivity index is 1.45. The number of nitrogens with zero attached hydrogens (tertiary/aromatic N) is 3. The average Bonchev–Trinajstić information content (AvgIpc) is 3.04.